The number of aryl methyl sites for hydroxylation is 1. The molecule has 8 heteroatoms. The van der Waals surface area contributed by atoms with Crippen LogP contribution < -0.4 is 10.9 Å². The molecule has 0 saturated heterocycles. The second kappa shape index (κ2) is 7.57. The van der Waals surface area contributed by atoms with Gasteiger partial charge in [-0.25, -0.2) is 14.6 Å². The Morgan fingerprint density at radius 2 is 1.92 bits per heavy atom. The summed E-state index contributed by atoms with van der Waals surface area (Å²) >= 11 is 1.23. The number of anilines is 1. The fourth-order valence-corrected chi connectivity index (χ4v) is 3.19. The van der Waals surface area contributed by atoms with Crippen molar-refractivity contribution in [1.82, 2.24) is 19.3 Å². The van der Waals surface area contributed by atoms with E-state index >= 15 is 0 Å². The van der Waals surface area contributed by atoms with Crippen LogP contribution in [0.3, 0.4) is 0 Å². The fraction of sp³-hybridized carbons (Fsp3) is 0.222. The predicted octanol–water partition coefficient (Wildman–Crippen LogP) is 2.31. The monoisotopic (exact) mass is 369 g/mol. The van der Waals surface area contributed by atoms with Crippen LogP contribution in [0.2, 0.25) is 0 Å². The molecule has 134 valence electrons. The number of nitrogens with zero attached hydrogens (tertiary/aromatic N) is 4. The fourth-order valence-electron chi connectivity index (χ4n) is 2.51. The van der Waals surface area contributed by atoms with E-state index in [1.807, 2.05) is 37.3 Å². The highest BCUT2D eigenvalue weighted by atomic mass is 32.2. The molecule has 2 aromatic heterocycles. The van der Waals surface area contributed by atoms with Gasteiger partial charge in [0.25, 0.3) is 5.56 Å². The van der Waals surface area contributed by atoms with Gasteiger partial charge in [-0.3, -0.25) is 14.3 Å². The van der Waals surface area contributed by atoms with Gasteiger partial charge in [0.15, 0.2) is 5.16 Å². The van der Waals surface area contributed by atoms with Crippen molar-refractivity contribution in [3.05, 3.63) is 64.3 Å². The second-order valence-corrected chi connectivity index (χ2v) is 6.70. The number of para-hydroxylation sites is 1. The van der Waals surface area contributed by atoms with Crippen molar-refractivity contribution in [3.8, 4) is 5.69 Å². The molecule has 0 fully saturated rings. The zero-order chi connectivity index (χ0) is 18.7. The lowest BCUT2D eigenvalue weighted by Gasteiger charge is -2.07. The van der Waals surface area contributed by atoms with E-state index in [1.54, 1.807) is 30.9 Å². The van der Waals surface area contributed by atoms with E-state index in [1.165, 1.54) is 16.4 Å². The highest BCUT2D eigenvalue weighted by molar-refractivity contribution is 7.99. The van der Waals surface area contributed by atoms with Gasteiger partial charge < -0.3 is 5.32 Å². The molecule has 3 rings (SSSR count). The predicted molar refractivity (Wildman–Crippen MR) is 102 cm³/mol. The van der Waals surface area contributed by atoms with Crippen LogP contribution in [0, 0.1) is 13.8 Å². The van der Waals surface area contributed by atoms with Gasteiger partial charge in [-0.2, -0.15) is 0 Å². The first kappa shape index (κ1) is 17.9. The minimum atomic E-state index is -0.272. The minimum absolute atomic E-state index is 0.128. The first-order valence-electron chi connectivity index (χ1n) is 8.03. The Morgan fingerprint density at radius 1 is 1.19 bits per heavy atom. The Bertz CT molecular complexity index is 995. The van der Waals surface area contributed by atoms with Crippen LogP contribution in [0.25, 0.3) is 5.69 Å². The molecule has 3 aromatic rings. The molecular formula is C18H19N5O2S. The largest absolute Gasteiger partial charge is 0.319 e. The molecule has 2 heterocycles. The van der Waals surface area contributed by atoms with Gasteiger partial charge in [0, 0.05) is 18.9 Å². The number of aromatic nitrogens is 4. The maximum Gasteiger partial charge on any atom is 0.295 e. The van der Waals surface area contributed by atoms with Crippen molar-refractivity contribution in [1.29, 1.82) is 0 Å². The summed E-state index contributed by atoms with van der Waals surface area (Å²) in [6.45, 7) is 3.67. The third-order valence-electron chi connectivity index (χ3n) is 3.92. The Hall–Kier alpha value is -2.87. The SMILES string of the molecule is Cc1ccnc(SCC(=O)Nc2c(C)n(C)n(-c3ccccc3)c2=O)n1. The van der Waals surface area contributed by atoms with Crippen molar-refractivity contribution >= 4 is 23.4 Å². The van der Waals surface area contributed by atoms with Crippen LogP contribution in [-0.4, -0.2) is 31.0 Å². The Balaban J connectivity index is 1.78. The molecule has 0 atom stereocenters. The third-order valence-corrected chi connectivity index (χ3v) is 4.79. The van der Waals surface area contributed by atoms with Crippen molar-refractivity contribution in [2.45, 2.75) is 19.0 Å². The molecule has 0 spiro atoms. The number of nitrogens with one attached hydrogen (secondary N) is 1. The molecule has 0 radical (unpaired) electrons. The van der Waals surface area contributed by atoms with Crippen LogP contribution in [-0.2, 0) is 11.8 Å². The van der Waals surface area contributed by atoms with Crippen LogP contribution in [0.1, 0.15) is 11.4 Å². The molecule has 1 aromatic carbocycles. The molecule has 0 bridgehead atoms. The summed E-state index contributed by atoms with van der Waals surface area (Å²) in [6, 6.07) is 11.1. The lowest BCUT2D eigenvalue weighted by molar-refractivity contribution is -0.113. The van der Waals surface area contributed by atoms with Crippen LogP contribution in [0.5, 0.6) is 0 Å². The van der Waals surface area contributed by atoms with E-state index in [0.717, 1.165) is 11.4 Å². The van der Waals surface area contributed by atoms with Crippen LogP contribution >= 0.6 is 11.8 Å². The molecule has 26 heavy (non-hydrogen) atoms. The molecule has 0 aliphatic rings. The molecule has 0 aliphatic carbocycles. The molecule has 0 saturated carbocycles. The number of carbonyl (C=O) groups is 1. The van der Waals surface area contributed by atoms with Gasteiger partial charge in [0.1, 0.15) is 5.69 Å². The molecule has 0 unspecified atom stereocenters. The lowest BCUT2D eigenvalue weighted by Crippen LogP contribution is -2.23. The summed E-state index contributed by atoms with van der Waals surface area (Å²) in [5.41, 5.74) is 2.29. The highest BCUT2D eigenvalue weighted by Crippen LogP contribution is 2.16. The molecule has 1 amide bonds. The van der Waals surface area contributed by atoms with Gasteiger partial charge in [0.05, 0.1) is 17.1 Å². The summed E-state index contributed by atoms with van der Waals surface area (Å²) in [5.74, 6) is -0.145. The minimum Gasteiger partial charge on any atom is -0.319 e. The first-order chi connectivity index (χ1) is 12.5. The van der Waals surface area contributed by atoms with E-state index in [4.69, 9.17) is 0 Å². The van der Waals surface area contributed by atoms with Crippen LogP contribution in [0.15, 0.2) is 52.5 Å². The average Bonchev–Trinajstić information content (AvgIpc) is 2.84. The smallest absolute Gasteiger partial charge is 0.295 e. The van der Waals surface area contributed by atoms with Crippen LogP contribution in [0.4, 0.5) is 5.69 Å². The van der Waals surface area contributed by atoms with Gasteiger partial charge in [-0.1, -0.05) is 30.0 Å². The quantitative estimate of drug-likeness (QED) is 0.551. The van der Waals surface area contributed by atoms with Gasteiger partial charge >= 0.3 is 0 Å². The molecule has 0 aliphatic heterocycles. The van der Waals surface area contributed by atoms with E-state index < -0.39 is 0 Å². The molecule has 7 nitrogen and oxygen atoms in total. The maximum atomic E-state index is 12.8. The summed E-state index contributed by atoms with van der Waals surface area (Å²) in [7, 11) is 1.79. The van der Waals surface area contributed by atoms with Gasteiger partial charge in [-0.15, -0.1) is 0 Å². The zero-order valence-electron chi connectivity index (χ0n) is 14.8. The molecule has 1 N–H and O–H groups in total. The molecular weight excluding hydrogens is 350 g/mol. The number of hydrogen-bond acceptors (Lipinski definition) is 5. The van der Waals surface area contributed by atoms with Crippen molar-refractivity contribution < 1.29 is 4.79 Å². The summed E-state index contributed by atoms with van der Waals surface area (Å²) in [6.07, 6.45) is 1.66. The summed E-state index contributed by atoms with van der Waals surface area (Å²) < 4.78 is 3.26. The van der Waals surface area contributed by atoms with E-state index in [9.17, 15) is 9.59 Å². The Kier molecular flexibility index (Phi) is 5.22. The summed E-state index contributed by atoms with van der Waals surface area (Å²) in [4.78, 5) is 33.4. The van der Waals surface area contributed by atoms with Crippen molar-refractivity contribution in [2.75, 3.05) is 11.1 Å². The van der Waals surface area contributed by atoms with Gasteiger partial charge in [0.2, 0.25) is 5.91 Å². The topological polar surface area (TPSA) is 81.8 Å². The number of amides is 1. The first-order valence-corrected chi connectivity index (χ1v) is 9.02. The summed E-state index contributed by atoms with van der Waals surface area (Å²) in [5, 5.41) is 3.26. The number of thioether (sulfide) groups is 1. The normalized spacial score (nSPS) is 10.7. The average molecular weight is 369 g/mol. The Morgan fingerprint density at radius 3 is 2.62 bits per heavy atom. The standard InChI is InChI=1S/C18H19N5O2S/c1-12-9-10-19-18(20-12)26-11-15(24)21-16-13(2)22(3)23(17(16)25)14-7-5-4-6-8-14/h4-10H,11H2,1-3H3,(H,21,24). The lowest BCUT2D eigenvalue weighted by atomic mass is 10.3. The Labute approximate surface area is 155 Å². The number of benzene rings is 1. The second-order valence-electron chi connectivity index (χ2n) is 5.75. The van der Waals surface area contributed by atoms with E-state index in [-0.39, 0.29) is 22.9 Å². The zero-order valence-corrected chi connectivity index (χ0v) is 15.6. The maximum absolute atomic E-state index is 12.8. The third kappa shape index (κ3) is 3.70. The van der Waals surface area contributed by atoms with Crippen molar-refractivity contribution in [2.24, 2.45) is 7.05 Å². The van der Waals surface area contributed by atoms with E-state index in [0.29, 0.717) is 10.9 Å². The number of carbonyl (C=O) groups excluding carboxylic acids is 1. The van der Waals surface area contributed by atoms with E-state index in [2.05, 4.69) is 15.3 Å². The van der Waals surface area contributed by atoms with Crippen molar-refractivity contribution in [3.63, 3.8) is 0 Å². The number of hydrogen-bond donors (Lipinski definition) is 1. The van der Waals surface area contributed by atoms with Gasteiger partial charge in [-0.05, 0) is 32.0 Å². The number of rotatable bonds is 5. The highest BCUT2D eigenvalue weighted by Gasteiger charge is 2.18.